The molecule has 0 saturated heterocycles. The third-order valence-electron chi connectivity index (χ3n) is 3.57. The van der Waals surface area contributed by atoms with Gasteiger partial charge in [-0.3, -0.25) is 4.79 Å². The van der Waals surface area contributed by atoms with Crippen LogP contribution in [-0.4, -0.2) is 32.1 Å². The van der Waals surface area contributed by atoms with E-state index in [1.807, 2.05) is 6.07 Å². The van der Waals surface area contributed by atoms with Crippen LogP contribution in [0.1, 0.15) is 18.9 Å². The van der Waals surface area contributed by atoms with Gasteiger partial charge < -0.3 is 15.5 Å². The number of anilines is 2. The second-order valence-electron chi connectivity index (χ2n) is 4.82. The van der Waals surface area contributed by atoms with Crippen LogP contribution in [0.25, 0.3) is 0 Å². The maximum Gasteiger partial charge on any atom is 0.246 e. The maximum atomic E-state index is 12.0. The lowest BCUT2D eigenvalue weighted by molar-refractivity contribution is -0.117. The van der Waals surface area contributed by atoms with Crippen LogP contribution in [0.4, 0.5) is 11.4 Å². The van der Waals surface area contributed by atoms with E-state index < -0.39 is 0 Å². The predicted molar refractivity (Wildman–Crippen MR) is 75.0 cm³/mol. The molecule has 0 bridgehead atoms. The number of amides is 1. The van der Waals surface area contributed by atoms with Crippen molar-refractivity contribution in [2.24, 2.45) is 5.73 Å². The van der Waals surface area contributed by atoms with Crippen molar-refractivity contribution >= 4 is 17.3 Å². The molecule has 100 valence electrons. The van der Waals surface area contributed by atoms with E-state index in [0.29, 0.717) is 18.7 Å². The van der Waals surface area contributed by atoms with Crippen LogP contribution in [0.5, 0.6) is 0 Å². The van der Waals surface area contributed by atoms with Gasteiger partial charge in [-0.05, 0) is 38.1 Å². The second kappa shape index (κ2) is 5.29. The minimum atomic E-state index is 0.0338. The fourth-order valence-electron chi connectivity index (χ4n) is 2.37. The van der Waals surface area contributed by atoms with Gasteiger partial charge in [-0.1, -0.05) is 0 Å². The number of rotatable bonds is 3. The maximum absolute atomic E-state index is 12.0. The quantitative estimate of drug-likeness (QED) is 0.880. The Morgan fingerprint density at radius 3 is 2.84 bits per heavy atom. The Kier molecular flexibility index (Phi) is 3.72. The van der Waals surface area contributed by atoms with Crippen LogP contribution in [-0.2, 0) is 4.79 Å². The van der Waals surface area contributed by atoms with Crippen molar-refractivity contribution in [3.8, 4) is 6.07 Å². The van der Waals surface area contributed by atoms with Crippen molar-refractivity contribution in [3.05, 3.63) is 23.8 Å². The molecule has 0 aromatic heterocycles. The minimum absolute atomic E-state index is 0.0338. The number of carbonyl (C=O) groups is 1. The number of hydrogen-bond acceptors (Lipinski definition) is 4. The number of fused-ring (bicyclic) bond motifs is 1. The van der Waals surface area contributed by atoms with E-state index in [9.17, 15) is 4.79 Å². The minimum Gasteiger partial charge on any atom is -0.358 e. The summed E-state index contributed by atoms with van der Waals surface area (Å²) < 4.78 is 0. The smallest absolute Gasteiger partial charge is 0.246 e. The summed E-state index contributed by atoms with van der Waals surface area (Å²) in [5.41, 5.74) is 7.94. The van der Waals surface area contributed by atoms with Gasteiger partial charge >= 0.3 is 0 Å². The highest BCUT2D eigenvalue weighted by atomic mass is 16.2. The molecular formula is C14H18N4O. The Balaban J connectivity index is 2.45. The number of nitrogens with zero attached hydrogens (tertiary/aromatic N) is 3. The molecular weight excluding hydrogens is 240 g/mol. The number of carbonyl (C=O) groups excluding carboxylic acids is 1. The van der Waals surface area contributed by atoms with E-state index in [1.54, 1.807) is 24.1 Å². The molecule has 2 rings (SSSR count). The van der Waals surface area contributed by atoms with Crippen molar-refractivity contribution < 1.29 is 4.79 Å². The van der Waals surface area contributed by atoms with E-state index in [-0.39, 0.29) is 11.9 Å². The third kappa shape index (κ3) is 2.40. The van der Waals surface area contributed by atoms with Crippen LogP contribution < -0.4 is 15.5 Å². The first-order valence-electron chi connectivity index (χ1n) is 6.36. The van der Waals surface area contributed by atoms with Gasteiger partial charge in [-0.2, -0.15) is 5.26 Å². The first-order chi connectivity index (χ1) is 9.08. The number of benzene rings is 1. The van der Waals surface area contributed by atoms with Crippen molar-refractivity contribution in [1.29, 1.82) is 5.26 Å². The standard InChI is InChI=1S/C14H18N4O/c1-10(5-6-15)18-9-14(19)17(2)13-7-11(8-16)3-4-12(13)18/h3-4,7,10H,5-6,9,15H2,1-2H3. The van der Waals surface area contributed by atoms with Gasteiger partial charge in [0.25, 0.3) is 0 Å². The van der Waals surface area contributed by atoms with Crippen LogP contribution in [0.2, 0.25) is 0 Å². The van der Waals surface area contributed by atoms with Crippen LogP contribution in [0.15, 0.2) is 18.2 Å². The number of hydrogen-bond donors (Lipinski definition) is 1. The molecule has 0 fully saturated rings. The van der Waals surface area contributed by atoms with Gasteiger partial charge in [0.1, 0.15) is 0 Å². The van der Waals surface area contributed by atoms with Crippen LogP contribution in [0, 0.1) is 11.3 Å². The Morgan fingerprint density at radius 2 is 2.21 bits per heavy atom. The summed E-state index contributed by atoms with van der Waals surface area (Å²) in [6, 6.07) is 7.76. The molecule has 1 aromatic carbocycles. The fourth-order valence-corrected chi connectivity index (χ4v) is 2.37. The molecule has 1 aliphatic heterocycles. The van der Waals surface area contributed by atoms with Gasteiger partial charge in [0.15, 0.2) is 0 Å². The van der Waals surface area contributed by atoms with E-state index in [0.717, 1.165) is 17.8 Å². The first kappa shape index (κ1) is 13.4. The monoisotopic (exact) mass is 258 g/mol. The zero-order valence-corrected chi connectivity index (χ0v) is 11.3. The number of nitrogens with two attached hydrogens (primary N) is 1. The summed E-state index contributed by atoms with van der Waals surface area (Å²) in [5, 5.41) is 8.97. The predicted octanol–water partition coefficient (Wildman–Crippen LogP) is 1.08. The molecule has 0 spiro atoms. The van der Waals surface area contributed by atoms with Gasteiger partial charge in [0.2, 0.25) is 5.91 Å². The zero-order valence-electron chi connectivity index (χ0n) is 11.3. The lowest BCUT2D eigenvalue weighted by Crippen LogP contribution is -2.48. The van der Waals surface area contributed by atoms with E-state index in [1.165, 1.54) is 0 Å². The Morgan fingerprint density at radius 1 is 1.47 bits per heavy atom. The largest absolute Gasteiger partial charge is 0.358 e. The summed E-state index contributed by atoms with van der Waals surface area (Å²) in [6.07, 6.45) is 0.830. The summed E-state index contributed by atoms with van der Waals surface area (Å²) in [6.45, 7) is 3.01. The lowest BCUT2D eigenvalue weighted by atomic mass is 10.1. The highest BCUT2D eigenvalue weighted by Gasteiger charge is 2.29. The molecule has 1 heterocycles. The molecule has 0 radical (unpaired) electrons. The Bertz CT molecular complexity index is 535. The molecule has 5 nitrogen and oxygen atoms in total. The molecule has 2 N–H and O–H groups in total. The fraction of sp³-hybridized carbons (Fsp3) is 0.429. The highest BCUT2D eigenvalue weighted by Crippen LogP contribution is 2.35. The molecule has 1 aliphatic rings. The molecule has 1 aromatic rings. The highest BCUT2D eigenvalue weighted by molar-refractivity contribution is 6.03. The van der Waals surface area contributed by atoms with Crippen molar-refractivity contribution in [2.45, 2.75) is 19.4 Å². The summed E-state index contributed by atoms with van der Waals surface area (Å²) in [7, 11) is 1.74. The number of nitriles is 1. The molecule has 1 amide bonds. The lowest BCUT2D eigenvalue weighted by Gasteiger charge is -2.39. The second-order valence-corrected chi connectivity index (χ2v) is 4.82. The van der Waals surface area contributed by atoms with Gasteiger partial charge in [-0.25, -0.2) is 0 Å². The molecule has 1 atom stereocenters. The van der Waals surface area contributed by atoms with Gasteiger partial charge in [0.05, 0.1) is 29.6 Å². The van der Waals surface area contributed by atoms with Crippen molar-refractivity contribution in [3.63, 3.8) is 0 Å². The van der Waals surface area contributed by atoms with Crippen LogP contribution in [0.3, 0.4) is 0 Å². The molecule has 5 heteroatoms. The van der Waals surface area contributed by atoms with Gasteiger partial charge in [-0.15, -0.1) is 0 Å². The summed E-state index contributed by atoms with van der Waals surface area (Å²) in [4.78, 5) is 15.7. The molecule has 0 aliphatic carbocycles. The SMILES string of the molecule is CC(CCN)N1CC(=O)N(C)c2cc(C#N)ccc21. The summed E-state index contributed by atoms with van der Waals surface area (Å²) in [5.74, 6) is 0.0338. The normalized spacial score (nSPS) is 16.0. The van der Waals surface area contributed by atoms with E-state index >= 15 is 0 Å². The zero-order chi connectivity index (χ0) is 14.0. The molecule has 1 unspecified atom stereocenters. The van der Waals surface area contributed by atoms with Gasteiger partial charge in [0, 0.05) is 13.1 Å². The average molecular weight is 258 g/mol. The molecule has 0 saturated carbocycles. The summed E-state index contributed by atoms with van der Waals surface area (Å²) >= 11 is 0. The topological polar surface area (TPSA) is 73.4 Å². The van der Waals surface area contributed by atoms with Crippen LogP contribution >= 0.6 is 0 Å². The number of likely N-dealkylation sites (N-methyl/N-ethyl adjacent to an activating group) is 1. The molecule has 19 heavy (non-hydrogen) atoms. The Labute approximate surface area is 113 Å². The van der Waals surface area contributed by atoms with Crippen molar-refractivity contribution in [1.82, 2.24) is 0 Å². The van der Waals surface area contributed by atoms with E-state index in [2.05, 4.69) is 17.9 Å². The van der Waals surface area contributed by atoms with Crippen molar-refractivity contribution in [2.75, 3.05) is 29.9 Å². The Hall–Kier alpha value is -2.06. The first-order valence-corrected chi connectivity index (χ1v) is 6.36. The van der Waals surface area contributed by atoms with E-state index in [4.69, 9.17) is 11.0 Å². The third-order valence-corrected chi connectivity index (χ3v) is 3.57. The average Bonchev–Trinajstić information content (AvgIpc) is 2.42.